The van der Waals surface area contributed by atoms with Crippen molar-refractivity contribution in [2.75, 3.05) is 6.61 Å². The Morgan fingerprint density at radius 1 is 1.50 bits per heavy atom. The molecule has 4 nitrogen and oxygen atoms in total. The highest BCUT2D eigenvalue weighted by atomic mass is 32.1. The lowest BCUT2D eigenvalue weighted by Crippen LogP contribution is -2.20. The summed E-state index contributed by atoms with van der Waals surface area (Å²) in [6.07, 6.45) is 4.36. The molecular formula is C17H19NO3S. The number of nitrogens with zero attached hydrogens (tertiary/aromatic N) is 1. The number of ether oxygens (including phenoxy) is 2. The molecule has 5 heteroatoms. The first-order valence-corrected chi connectivity index (χ1v) is 8.46. The van der Waals surface area contributed by atoms with Crippen molar-refractivity contribution >= 4 is 17.3 Å². The first-order valence-electron chi connectivity index (χ1n) is 7.58. The van der Waals surface area contributed by atoms with Crippen LogP contribution in [0.1, 0.15) is 41.9 Å². The lowest BCUT2D eigenvalue weighted by molar-refractivity contribution is -0.150. The number of esters is 1. The number of rotatable bonds is 5. The third-order valence-electron chi connectivity index (χ3n) is 3.80. The van der Waals surface area contributed by atoms with Crippen molar-refractivity contribution in [3.8, 4) is 5.75 Å². The maximum atomic E-state index is 12.1. The van der Waals surface area contributed by atoms with E-state index >= 15 is 0 Å². The number of fused-ring (bicyclic) bond motifs is 1. The van der Waals surface area contributed by atoms with Crippen molar-refractivity contribution in [1.29, 1.82) is 0 Å². The average molecular weight is 317 g/mol. The minimum Gasteiger partial charge on any atom is -0.493 e. The smallest absolute Gasteiger partial charge is 0.306 e. The largest absolute Gasteiger partial charge is 0.493 e. The van der Waals surface area contributed by atoms with Gasteiger partial charge in [-0.05, 0) is 30.5 Å². The van der Waals surface area contributed by atoms with Crippen LogP contribution in [0.2, 0.25) is 0 Å². The Morgan fingerprint density at radius 3 is 3.18 bits per heavy atom. The average Bonchev–Trinajstić information content (AvgIpc) is 3.06. The Kier molecular flexibility index (Phi) is 4.73. The Bertz CT molecular complexity index is 639. The van der Waals surface area contributed by atoms with Gasteiger partial charge in [0.15, 0.2) is 0 Å². The molecule has 0 saturated carbocycles. The van der Waals surface area contributed by atoms with Gasteiger partial charge in [-0.25, -0.2) is 0 Å². The molecule has 2 heterocycles. The van der Waals surface area contributed by atoms with E-state index in [-0.39, 0.29) is 12.1 Å². The third kappa shape index (κ3) is 3.47. The number of aryl methyl sites for hydroxylation is 2. The van der Waals surface area contributed by atoms with E-state index in [0.717, 1.165) is 22.6 Å². The second-order valence-corrected chi connectivity index (χ2v) is 6.28. The summed E-state index contributed by atoms with van der Waals surface area (Å²) in [5, 5.41) is 0. The molecule has 1 aromatic carbocycles. The lowest BCUT2D eigenvalue weighted by atomic mass is 9.99. The van der Waals surface area contributed by atoms with Crippen LogP contribution in [0.25, 0.3) is 0 Å². The predicted molar refractivity (Wildman–Crippen MR) is 85.2 cm³/mol. The molecule has 22 heavy (non-hydrogen) atoms. The van der Waals surface area contributed by atoms with Crippen LogP contribution >= 0.6 is 11.3 Å². The number of benzene rings is 1. The maximum absolute atomic E-state index is 12.1. The predicted octanol–water partition coefficient (Wildman–Crippen LogP) is 3.71. The number of carbonyl (C=O) groups excluding carboxylic acids is 1. The SMILES string of the molecule is CCc1ccc2c(c1)[C@H](OC(=O)CCc1cncs1)CCO2. The summed E-state index contributed by atoms with van der Waals surface area (Å²) in [5.74, 6) is 0.678. The van der Waals surface area contributed by atoms with Crippen LogP contribution < -0.4 is 4.74 Å². The first-order chi connectivity index (χ1) is 10.8. The molecule has 1 aliphatic rings. The van der Waals surface area contributed by atoms with E-state index < -0.39 is 0 Å². The number of carbonyl (C=O) groups is 1. The van der Waals surface area contributed by atoms with E-state index in [9.17, 15) is 4.79 Å². The molecule has 1 aliphatic heterocycles. The summed E-state index contributed by atoms with van der Waals surface area (Å²) in [4.78, 5) is 17.2. The third-order valence-corrected chi connectivity index (χ3v) is 4.64. The zero-order valence-electron chi connectivity index (χ0n) is 12.6. The number of thiazole rings is 1. The Morgan fingerprint density at radius 2 is 2.41 bits per heavy atom. The molecule has 0 aliphatic carbocycles. The standard InChI is InChI=1S/C17H19NO3S/c1-2-12-3-5-15-14(9-12)16(7-8-20-15)21-17(19)6-4-13-10-18-11-22-13/h3,5,9-11,16H,2,4,6-8H2,1H3/t16-/m1/s1. The Hall–Kier alpha value is -1.88. The van der Waals surface area contributed by atoms with Crippen molar-refractivity contribution in [2.24, 2.45) is 0 Å². The van der Waals surface area contributed by atoms with Gasteiger partial charge in [-0.3, -0.25) is 9.78 Å². The minimum absolute atomic E-state index is 0.159. The highest BCUT2D eigenvalue weighted by molar-refractivity contribution is 7.09. The zero-order valence-corrected chi connectivity index (χ0v) is 13.4. The molecule has 2 aromatic rings. The van der Waals surface area contributed by atoms with Crippen molar-refractivity contribution in [3.63, 3.8) is 0 Å². The molecule has 0 unspecified atom stereocenters. The summed E-state index contributed by atoms with van der Waals surface area (Å²) in [6.45, 7) is 2.70. The van der Waals surface area contributed by atoms with Gasteiger partial charge in [0.05, 0.1) is 18.5 Å². The van der Waals surface area contributed by atoms with E-state index in [1.807, 2.05) is 6.07 Å². The quantitative estimate of drug-likeness (QED) is 0.789. The van der Waals surface area contributed by atoms with Crippen molar-refractivity contribution < 1.29 is 14.3 Å². The van der Waals surface area contributed by atoms with Gasteiger partial charge in [-0.1, -0.05) is 13.0 Å². The van der Waals surface area contributed by atoms with E-state index in [2.05, 4.69) is 24.0 Å². The number of aromatic nitrogens is 1. The van der Waals surface area contributed by atoms with E-state index in [4.69, 9.17) is 9.47 Å². The Balaban J connectivity index is 1.64. The monoisotopic (exact) mass is 317 g/mol. The van der Waals surface area contributed by atoms with Crippen molar-refractivity contribution in [3.05, 3.63) is 45.9 Å². The van der Waals surface area contributed by atoms with Crippen LogP contribution in [-0.4, -0.2) is 17.6 Å². The second-order valence-electron chi connectivity index (χ2n) is 5.31. The summed E-state index contributed by atoms with van der Waals surface area (Å²) in [6, 6.07) is 6.13. The summed E-state index contributed by atoms with van der Waals surface area (Å²) in [7, 11) is 0. The van der Waals surface area contributed by atoms with Crippen molar-refractivity contribution in [1.82, 2.24) is 4.98 Å². The normalized spacial score (nSPS) is 16.7. The fourth-order valence-electron chi connectivity index (χ4n) is 2.56. The molecule has 1 aromatic heterocycles. The van der Waals surface area contributed by atoms with Gasteiger partial charge in [0, 0.05) is 23.1 Å². The van der Waals surface area contributed by atoms with Crippen LogP contribution in [-0.2, 0) is 22.4 Å². The van der Waals surface area contributed by atoms with Gasteiger partial charge in [-0.15, -0.1) is 11.3 Å². The molecule has 0 bridgehead atoms. The van der Waals surface area contributed by atoms with Crippen molar-refractivity contribution in [2.45, 2.75) is 38.7 Å². The van der Waals surface area contributed by atoms with Crippen LogP contribution in [0.4, 0.5) is 0 Å². The van der Waals surface area contributed by atoms with Gasteiger partial charge in [0.1, 0.15) is 11.9 Å². The minimum atomic E-state index is -0.191. The number of hydrogen-bond acceptors (Lipinski definition) is 5. The topological polar surface area (TPSA) is 48.4 Å². The fraction of sp³-hybridized carbons (Fsp3) is 0.412. The molecule has 1 atom stereocenters. The van der Waals surface area contributed by atoms with Gasteiger partial charge >= 0.3 is 5.97 Å². The molecule has 116 valence electrons. The van der Waals surface area contributed by atoms with Gasteiger partial charge < -0.3 is 9.47 Å². The van der Waals surface area contributed by atoms with Crippen LogP contribution in [0.15, 0.2) is 29.9 Å². The van der Waals surface area contributed by atoms with E-state index in [1.54, 1.807) is 23.0 Å². The van der Waals surface area contributed by atoms with E-state index in [0.29, 0.717) is 25.9 Å². The van der Waals surface area contributed by atoms with Crippen LogP contribution in [0.3, 0.4) is 0 Å². The van der Waals surface area contributed by atoms with Crippen LogP contribution in [0.5, 0.6) is 5.75 Å². The molecule has 0 N–H and O–H groups in total. The van der Waals surface area contributed by atoms with Gasteiger partial charge in [0.25, 0.3) is 0 Å². The highest BCUT2D eigenvalue weighted by Gasteiger charge is 2.25. The van der Waals surface area contributed by atoms with Crippen LogP contribution in [0, 0.1) is 0 Å². The molecule has 0 saturated heterocycles. The molecule has 0 amide bonds. The molecular weight excluding hydrogens is 298 g/mol. The van der Waals surface area contributed by atoms with Gasteiger partial charge in [-0.2, -0.15) is 0 Å². The fourth-order valence-corrected chi connectivity index (χ4v) is 3.16. The van der Waals surface area contributed by atoms with Gasteiger partial charge in [0.2, 0.25) is 0 Å². The first kappa shape index (κ1) is 15.0. The molecule has 0 fully saturated rings. The second kappa shape index (κ2) is 6.92. The lowest BCUT2D eigenvalue weighted by Gasteiger charge is -2.26. The summed E-state index contributed by atoms with van der Waals surface area (Å²) in [5.41, 5.74) is 4.01. The molecule has 0 radical (unpaired) electrons. The molecule has 0 spiro atoms. The highest BCUT2D eigenvalue weighted by Crippen LogP contribution is 2.35. The zero-order chi connectivity index (χ0) is 15.4. The Labute approximate surface area is 134 Å². The van der Waals surface area contributed by atoms with E-state index in [1.165, 1.54) is 5.56 Å². The summed E-state index contributed by atoms with van der Waals surface area (Å²) >= 11 is 1.57. The number of hydrogen-bond donors (Lipinski definition) is 0. The summed E-state index contributed by atoms with van der Waals surface area (Å²) < 4.78 is 11.3. The maximum Gasteiger partial charge on any atom is 0.306 e. The molecule has 3 rings (SSSR count).